The first kappa shape index (κ1) is 24.3. The van der Waals surface area contributed by atoms with E-state index in [1.54, 1.807) is 34.4 Å². The van der Waals surface area contributed by atoms with Crippen LogP contribution in [0.25, 0.3) is 26.3 Å². The van der Waals surface area contributed by atoms with E-state index in [0.29, 0.717) is 44.6 Å². The molecule has 0 fully saturated rings. The number of halogens is 1. The summed E-state index contributed by atoms with van der Waals surface area (Å²) in [6.45, 7) is 2.24. The zero-order valence-electron chi connectivity index (χ0n) is 20.3. The SMILES string of the molecule is Cc1c2c(=O)n(-c3nc4cc(CO)ccc4s3)n(Cc3ccccc3)c2cc(=O)n1Cc1cccc(Cl)n1. The summed E-state index contributed by atoms with van der Waals surface area (Å²) in [5.74, 6) is 0. The van der Waals surface area contributed by atoms with E-state index in [9.17, 15) is 14.7 Å². The molecule has 0 saturated carbocycles. The minimum Gasteiger partial charge on any atom is -0.392 e. The van der Waals surface area contributed by atoms with E-state index in [4.69, 9.17) is 16.6 Å². The molecular weight excluding hydrogens is 522 g/mol. The highest BCUT2D eigenvalue weighted by Gasteiger charge is 2.22. The molecular formula is C28H22ClN5O3S. The molecule has 0 atom stereocenters. The number of hydrogen-bond donors (Lipinski definition) is 1. The van der Waals surface area contributed by atoms with Crippen molar-refractivity contribution in [3.8, 4) is 5.13 Å². The third-order valence-electron chi connectivity index (χ3n) is 6.55. The third kappa shape index (κ3) is 4.24. The molecule has 0 unspecified atom stereocenters. The lowest BCUT2D eigenvalue weighted by molar-refractivity contribution is 0.282. The highest BCUT2D eigenvalue weighted by Crippen LogP contribution is 2.27. The number of hydrogen-bond acceptors (Lipinski definition) is 6. The van der Waals surface area contributed by atoms with E-state index < -0.39 is 0 Å². The van der Waals surface area contributed by atoms with Gasteiger partial charge < -0.3 is 9.67 Å². The second-order valence-corrected chi connectivity index (χ2v) is 10.4. The van der Waals surface area contributed by atoms with Crippen LogP contribution in [-0.2, 0) is 19.7 Å². The third-order valence-corrected chi connectivity index (χ3v) is 7.77. The van der Waals surface area contributed by atoms with E-state index in [0.717, 1.165) is 15.8 Å². The number of thiazole rings is 1. The predicted octanol–water partition coefficient (Wildman–Crippen LogP) is 4.51. The summed E-state index contributed by atoms with van der Waals surface area (Å²) in [4.78, 5) is 36.5. The molecule has 1 N–H and O–H groups in total. The Morgan fingerprint density at radius 1 is 0.921 bits per heavy atom. The molecule has 0 bridgehead atoms. The van der Waals surface area contributed by atoms with Gasteiger partial charge in [-0.15, -0.1) is 0 Å². The normalized spacial score (nSPS) is 11.6. The summed E-state index contributed by atoms with van der Waals surface area (Å²) in [5.41, 5.74) is 3.62. The first-order chi connectivity index (χ1) is 18.4. The number of aromatic nitrogens is 5. The van der Waals surface area contributed by atoms with Gasteiger partial charge in [0.15, 0.2) is 0 Å². The van der Waals surface area contributed by atoms with Gasteiger partial charge in [0.1, 0.15) is 5.15 Å². The summed E-state index contributed by atoms with van der Waals surface area (Å²) in [5, 5.41) is 10.8. The standard InChI is InChI=1S/C28H22ClN5O3S/c1-17-26-22(13-25(36)32(17)15-20-8-5-9-24(29)30-20)33(14-18-6-3-2-4-7-18)34(27(26)37)28-31-21-12-19(16-35)10-11-23(21)38-28/h2-13,35H,14-16H2,1H3. The monoisotopic (exact) mass is 543 g/mol. The van der Waals surface area contributed by atoms with Crippen molar-refractivity contribution >= 4 is 44.1 Å². The minimum atomic E-state index is -0.261. The first-order valence-electron chi connectivity index (χ1n) is 11.9. The van der Waals surface area contributed by atoms with Crippen molar-refractivity contribution in [2.24, 2.45) is 0 Å². The Morgan fingerprint density at radius 2 is 1.74 bits per heavy atom. The van der Waals surface area contributed by atoms with E-state index >= 15 is 0 Å². The van der Waals surface area contributed by atoms with Gasteiger partial charge in [-0.3, -0.25) is 14.3 Å². The van der Waals surface area contributed by atoms with Crippen molar-refractivity contribution in [3.05, 3.63) is 121 Å². The maximum absolute atomic E-state index is 14.0. The fourth-order valence-electron chi connectivity index (χ4n) is 4.69. The second kappa shape index (κ2) is 9.68. The number of rotatable bonds is 6. The van der Waals surface area contributed by atoms with Gasteiger partial charge in [0.05, 0.1) is 46.5 Å². The molecule has 0 saturated heterocycles. The quantitative estimate of drug-likeness (QED) is 0.312. The van der Waals surface area contributed by atoms with Gasteiger partial charge in [-0.2, -0.15) is 4.68 Å². The number of aliphatic hydroxyl groups is 1. The average molecular weight is 544 g/mol. The van der Waals surface area contributed by atoms with Crippen LogP contribution in [0.5, 0.6) is 0 Å². The van der Waals surface area contributed by atoms with Crippen LogP contribution < -0.4 is 11.1 Å². The van der Waals surface area contributed by atoms with Gasteiger partial charge in [0.25, 0.3) is 11.1 Å². The summed E-state index contributed by atoms with van der Waals surface area (Å²) >= 11 is 7.44. The van der Waals surface area contributed by atoms with Crippen LogP contribution in [0.1, 0.15) is 22.5 Å². The highest BCUT2D eigenvalue weighted by atomic mass is 35.5. The van der Waals surface area contributed by atoms with Gasteiger partial charge in [-0.05, 0) is 42.3 Å². The molecule has 10 heteroatoms. The second-order valence-electron chi connectivity index (χ2n) is 8.98. The first-order valence-corrected chi connectivity index (χ1v) is 13.1. The lowest BCUT2D eigenvalue weighted by Gasteiger charge is -2.12. The number of aliphatic hydroxyl groups excluding tert-OH is 1. The van der Waals surface area contributed by atoms with Gasteiger partial charge >= 0.3 is 0 Å². The predicted molar refractivity (Wildman–Crippen MR) is 150 cm³/mol. The van der Waals surface area contributed by atoms with Crippen LogP contribution in [0, 0.1) is 6.92 Å². The van der Waals surface area contributed by atoms with Crippen molar-refractivity contribution in [1.82, 2.24) is 23.9 Å². The zero-order valence-corrected chi connectivity index (χ0v) is 21.9. The summed E-state index contributed by atoms with van der Waals surface area (Å²) in [6.07, 6.45) is 0. The Hall–Kier alpha value is -4.05. The van der Waals surface area contributed by atoms with Crippen molar-refractivity contribution < 1.29 is 5.11 Å². The lowest BCUT2D eigenvalue weighted by atomic mass is 10.2. The molecule has 0 aliphatic carbocycles. The van der Waals surface area contributed by atoms with Crippen molar-refractivity contribution in [3.63, 3.8) is 0 Å². The van der Waals surface area contributed by atoms with Crippen molar-refractivity contribution in [2.75, 3.05) is 0 Å². The molecule has 38 heavy (non-hydrogen) atoms. The fraction of sp³-hybridized carbons (Fsp3) is 0.143. The minimum absolute atomic E-state index is 0.0933. The molecule has 0 radical (unpaired) electrons. The van der Waals surface area contributed by atoms with Crippen LogP contribution in [0.2, 0.25) is 5.15 Å². The zero-order chi connectivity index (χ0) is 26.4. The van der Waals surface area contributed by atoms with Crippen LogP contribution in [0.4, 0.5) is 0 Å². The van der Waals surface area contributed by atoms with Crippen LogP contribution in [0.3, 0.4) is 0 Å². The maximum Gasteiger partial charge on any atom is 0.283 e. The van der Waals surface area contributed by atoms with Crippen LogP contribution in [0.15, 0.2) is 82.4 Å². The largest absolute Gasteiger partial charge is 0.392 e. The van der Waals surface area contributed by atoms with Crippen LogP contribution in [-0.4, -0.2) is 29.0 Å². The summed E-state index contributed by atoms with van der Waals surface area (Å²) in [7, 11) is 0. The summed E-state index contributed by atoms with van der Waals surface area (Å²) < 4.78 is 5.80. The summed E-state index contributed by atoms with van der Waals surface area (Å²) in [6, 6.07) is 22.1. The fourth-order valence-corrected chi connectivity index (χ4v) is 5.83. The van der Waals surface area contributed by atoms with E-state index in [1.165, 1.54) is 17.4 Å². The molecule has 0 aliphatic rings. The van der Waals surface area contributed by atoms with Crippen molar-refractivity contribution in [1.29, 1.82) is 0 Å². The Labute approximate surface area is 225 Å². The van der Waals surface area contributed by atoms with E-state index in [-0.39, 0.29) is 24.3 Å². The van der Waals surface area contributed by atoms with Gasteiger partial charge in [-0.25, -0.2) is 9.97 Å². The average Bonchev–Trinajstić information content (AvgIpc) is 3.44. The lowest BCUT2D eigenvalue weighted by Crippen LogP contribution is -2.24. The molecule has 8 nitrogen and oxygen atoms in total. The smallest absolute Gasteiger partial charge is 0.283 e. The Kier molecular flexibility index (Phi) is 6.19. The Bertz CT molecular complexity index is 1940. The molecule has 0 spiro atoms. The number of aryl methyl sites for hydroxylation is 1. The molecule has 6 aromatic rings. The van der Waals surface area contributed by atoms with E-state index in [2.05, 4.69) is 4.98 Å². The van der Waals surface area contributed by atoms with Crippen molar-refractivity contribution in [2.45, 2.75) is 26.6 Å². The molecule has 190 valence electrons. The molecule has 4 aromatic heterocycles. The Morgan fingerprint density at radius 3 is 2.50 bits per heavy atom. The molecule has 0 aliphatic heterocycles. The number of fused-ring (bicyclic) bond motifs is 2. The van der Waals surface area contributed by atoms with Gasteiger partial charge in [0, 0.05) is 11.8 Å². The number of benzene rings is 2. The number of pyridine rings is 2. The van der Waals surface area contributed by atoms with E-state index in [1.807, 2.05) is 53.2 Å². The molecule has 0 amide bonds. The maximum atomic E-state index is 14.0. The highest BCUT2D eigenvalue weighted by molar-refractivity contribution is 7.20. The number of nitrogens with zero attached hydrogens (tertiary/aromatic N) is 5. The topological polar surface area (TPSA) is 94.9 Å². The van der Waals surface area contributed by atoms with Gasteiger partial charge in [-0.1, -0.05) is 65.4 Å². The molecule has 2 aromatic carbocycles. The van der Waals surface area contributed by atoms with Crippen LogP contribution >= 0.6 is 22.9 Å². The Balaban J connectivity index is 1.60. The molecule has 4 heterocycles. The van der Waals surface area contributed by atoms with Gasteiger partial charge in [0.2, 0.25) is 5.13 Å². The molecule has 6 rings (SSSR count).